The minimum Gasteiger partial charge on any atom is -0.492 e. The first-order valence-electron chi connectivity index (χ1n) is 10.7. The van der Waals surface area contributed by atoms with Crippen LogP contribution in [0, 0.1) is 5.41 Å². The highest BCUT2D eigenvalue weighted by Crippen LogP contribution is 2.70. The Bertz CT molecular complexity index is 1090. The zero-order valence-electron chi connectivity index (χ0n) is 17.4. The fraction of sp³-hybridized carbons (Fsp3) is 0.500. The molecule has 0 N–H and O–H groups in total. The second-order valence-corrected chi connectivity index (χ2v) is 9.32. The summed E-state index contributed by atoms with van der Waals surface area (Å²) in [5, 5.41) is 0.540. The minimum atomic E-state index is -0.225. The van der Waals surface area contributed by atoms with E-state index in [9.17, 15) is 9.59 Å². The molecule has 1 aromatic heterocycles. The van der Waals surface area contributed by atoms with Crippen LogP contribution >= 0.6 is 11.6 Å². The van der Waals surface area contributed by atoms with Gasteiger partial charge in [-0.05, 0) is 55.7 Å². The highest BCUT2D eigenvalue weighted by molar-refractivity contribution is 6.32. The van der Waals surface area contributed by atoms with Gasteiger partial charge in [-0.25, -0.2) is 0 Å². The number of hydrogen-bond donors (Lipinski definition) is 0. The van der Waals surface area contributed by atoms with Crippen LogP contribution < -0.4 is 10.2 Å². The van der Waals surface area contributed by atoms with Gasteiger partial charge in [0.2, 0.25) is 0 Å². The Hall–Kier alpha value is -2.11. The van der Waals surface area contributed by atoms with E-state index in [1.165, 1.54) is 31.7 Å². The standard InChI is InChI=1S/C24H26ClNO4/c1-14(27)18-13-26-20(12-21(18)28)17-10-19(25)22(30-9-3-8-29-2)11-16(17)15-4-5-24(6-7-24)23(15)26/h10-13,15,23H,3-9H2,1-2H3/t15-,23+/m1/s1. The summed E-state index contributed by atoms with van der Waals surface area (Å²) in [6, 6.07) is 5.91. The first-order valence-corrected chi connectivity index (χ1v) is 11.1. The van der Waals surface area contributed by atoms with Crippen LogP contribution in [0.5, 0.6) is 5.75 Å². The van der Waals surface area contributed by atoms with Crippen LogP contribution in [0.15, 0.2) is 29.2 Å². The summed E-state index contributed by atoms with van der Waals surface area (Å²) in [5.74, 6) is 0.854. The number of carbonyl (C=O) groups is 1. The van der Waals surface area contributed by atoms with Gasteiger partial charge in [-0.2, -0.15) is 0 Å². The quantitative estimate of drug-likeness (QED) is 0.481. The Kier molecular flexibility index (Phi) is 4.79. The molecule has 1 spiro atoms. The zero-order chi connectivity index (χ0) is 21.0. The third-order valence-electron chi connectivity index (χ3n) is 7.14. The highest BCUT2D eigenvalue weighted by Gasteiger charge is 2.58. The second-order valence-electron chi connectivity index (χ2n) is 8.92. The van der Waals surface area contributed by atoms with Crippen LogP contribution in [-0.4, -0.2) is 30.7 Å². The zero-order valence-corrected chi connectivity index (χ0v) is 18.1. The first-order chi connectivity index (χ1) is 14.4. The van der Waals surface area contributed by atoms with Gasteiger partial charge >= 0.3 is 0 Å². The molecule has 0 unspecified atom stereocenters. The number of pyridine rings is 1. The number of hydrogen-bond acceptors (Lipinski definition) is 4. The average Bonchev–Trinajstić information content (AvgIpc) is 3.39. The summed E-state index contributed by atoms with van der Waals surface area (Å²) in [7, 11) is 1.68. The van der Waals surface area contributed by atoms with E-state index in [1.54, 1.807) is 19.4 Å². The topological polar surface area (TPSA) is 57.5 Å². The molecule has 2 heterocycles. The van der Waals surface area contributed by atoms with Crippen molar-refractivity contribution in [3.63, 3.8) is 0 Å². The van der Waals surface area contributed by atoms with Crippen molar-refractivity contribution in [2.75, 3.05) is 20.3 Å². The lowest BCUT2D eigenvalue weighted by Gasteiger charge is -2.37. The van der Waals surface area contributed by atoms with Gasteiger partial charge in [0.1, 0.15) is 5.75 Å². The number of carbonyl (C=O) groups excluding carboxylic acids is 1. The monoisotopic (exact) mass is 427 g/mol. The largest absolute Gasteiger partial charge is 0.492 e. The number of halogens is 1. The molecule has 30 heavy (non-hydrogen) atoms. The van der Waals surface area contributed by atoms with E-state index >= 15 is 0 Å². The molecule has 1 aromatic carbocycles. The molecule has 5 rings (SSSR count). The Morgan fingerprint density at radius 1 is 1.23 bits per heavy atom. The van der Waals surface area contributed by atoms with Crippen molar-refractivity contribution in [1.29, 1.82) is 0 Å². The van der Waals surface area contributed by atoms with Crippen LogP contribution in [-0.2, 0) is 4.74 Å². The van der Waals surface area contributed by atoms with Gasteiger partial charge in [-0.3, -0.25) is 9.59 Å². The van der Waals surface area contributed by atoms with Crippen molar-refractivity contribution >= 4 is 17.4 Å². The lowest BCUT2D eigenvalue weighted by Crippen LogP contribution is -2.29. The molecule has 2 saturated carbocycles. The van der Waals surface area contributed by atoms with Crippen molar-refractivity contribution < 1.29 is 14.3 Å². The number of ether oxygens (including phenoxy) is 2. The van der Waals surface area contributed by atoms with E-state index in [0.717, 1.165) is 24.1 Å². The predicted molar refractivity (Wildman–Crippen MR) is 116 cm³/mol. The van der Waals surface area contributed by atoms with Crippen LogP contribution in [0.1, 0.15) is 66.9 Å². The number of ketones is 1. The van der Waals surface area contributed by atoms with Crippen molar-refractivity contribution in [2.45, 2.75) is 51.0 Å². The Morgan fingerprint density at radius 3 is 2.73 bits per heavy atom. The molecule has 2 atom stereocenters. The Balaban J connectivity index is 1.64. The molecule has 2 aliphatic carbocycles. The van der Waals surface area contributed by atoms with E-state index in [2.05, 4.69) is 10.6 Å². The third-order valence-corrected chi connectivity index (χ3v) is 7.44. The van der Waals surface area contributed by atoms with Crippen LogP contribution in [0.3, 0.4) is 0 Å². The van der Waals surface area contributed by atoms with Gasteiger partial charge < -0.3 is 14.0 Å². The van der Waals surface area contributed by atoms with Crippen LogP contribution in [0.2, 0.25) is 5.02 Å². The van der Waals surface area contributed by atoms with Crippen LogP contribution in [0.4, 0.5) is 0 Å². The number of nitrogens with zero attached hydrogens (tertiary/aromatic N) is 1. The van der Waals surface area contributed by atoms with Gasteiger partial charge in [0.25, 0.3) is 0 Å². The van der Waals surface area contributed by atoms with Crippen molar-refractivity contribution in [2.24, 2.45) is 5.41 Å². The van der Waals surface area contributed by atoms with Gasteiger partial charge in [-0.1, -0.05) is 11.6 Å². The fourth-order valence-electron chi connectivity index (χ4n) is 5.55. The molecule has 2 fully saturated rings. The summed E-state index contributed by atoms with van der Waals surface area (Å²) >= 11 is 6.58. The molecule has 0 radical (unpaired) electrons. The Morgan fingerprint density at radius 2 is 2.03 bits per heavy atom. The second kappa shape index (κ2) is 7.24. The molecule has 5 nitrogen and oxygen atoms in total. The first kappa shape index (κ1) is 19.8. The summed E-state index contributed by atoms with van der Waals surface area (Å²) in [4.78, 5) is 24.7. The number of fused-ring (bicyclic) bond motifs is 7. The highest BCUT2D eigenvalue weighted by atomic mass is 35.5. The summed E-state index contributed by atoms with van der Waals surface area (Å²) in [6.45, 7) is 2.65. The minimum absolute atomic E-state index is 0.182. The fourth-order valence-corrected chi connectivity index (χ4v) is 5.77. The normalized spacial score (nSPS) is 22.4. The molecular weight excluding hydrogens is 402 g/mol. The molecule has 6 heteroatoms. The maximum atomic E-state index is 12.7. The van der Waals surface area contributed by atoms with E-state index in [4.69, 9.17) is 21.1 Å². The SMILES string of the molecule is COCCCOc1cc2c(cc1Cl)-c1cc(=O)c(C(C)=O)cn1[C@H]1[C@@H]2CCC12CC2. The van der Waals surface area contributed by atoms with E-state index < -0.39 is 0 Å². The predicted octanol–water partition coefficient (Wildman–Crippen LogP) is 5.00. The number of benzene rings is 1. The van der Waals surface area contributed by atoms with Gasteiger partial charge in [-0.15, -0.1) is 0 Å². The van der Waals surface area contributed by atoms with Crippen molar-refractivity contribution in [1.82, 2.24) is 4.57 Å². The van der Waals surface area contributed by atoms with E-state index in [0.29, 0.717) is 35.3 Å². The molecule has 1 aliphatic heterocycles. The van der Waals surface area contributed by atoms with E-state index in [-0.39, 0.29) is 22.8 Å². The lowest BCUT2D eigenvalue weighted by molar-refractivity contribution is 0.101. The van der Waals surface area contributed by atoms with Gasteiger partial charge in [0.05, 0.1) is 22.9 Å². The van der Waals surface area contributed by atoms with Gasteiger partial charge in [0.15, 0.2) is 11.2 Å². The smallest absolute Gasteiger partial charge is 0.192 e. The molecule has 2 aromatic rings. The summed E-state index contributed by atoms with van der Waals surface area (Å²) in [6.07, 6.45) is 7.29. The maximum absolute atomic E-state index is 12.7. The lowest BCUT2D eigenvalue weighted by atomic mass is 9.81. The number of aromatic nitrogens is 1. The van der Waals surface area contributed by atoms with E-state index in [1.807, 2.05) is 6.07 Å². The maximum Gasteiger partial charge on any atom is 0.192 e. The number of Topliss-reactive ketones (excluding diaryl/α,β-unsaturated/α-hetero) is 1. The molecule has 3 aliphatic rings. The molecule has 0 amide bonds. The van der Waals surface area contributed by atoms with Crippen molar-refractivity contribution in [3.8, 4) is 17.0 Å². The van der Waals surface area contributed by atoms with Crippen molar-refractivity contribution in [3.05, 3.63) is 50.8 Å². The summed E-state index contributed by atoms with van der Waals surface area (Å²) < 4.78 is 13.3. The van der Waals surface area contributed by atoms with Crippen LogP contribution in [0.25, 0.3) is 11.3 Å². The number of methoxy groups -OCH3 is 1. The summed E-state index contributed by atoms with van der Waals surface area (Å²) in [5.41, 5.74) is 3.40. The molecule has 158 valence electrons. The molecular formula is C24H26ClNO4. The third kappa shape index (κ3) is 3.02. The average molecular weight is 428 g/mol. The Labute approximate surface area is 180 Å². The molecule has 0 saturated heterocycles. The van der Waals surface area contributed by atoms with Gasteiger partial charge in [0, 0.05) is 49.9 Å². The molecule has 0 bridgehead atoms. The number of rotatable bonds is 6.